The molecule has 0 aliphatic carbocycles. The maximum atomic E-state index is 5.95. The fraction of sp³-hybridized carbons (Fsp3) is 0.100. The molecule has 84 valence electrons. The third-order valence-electron chi connectivity index (χ3n) is 1.93. The van der Waals surface area contributed by atoms with E-state index < -0.39 is 0 Å². The number of nitrogens with one attached hydrogen (secondary N) is 1. The largest absolute Gasteiger partial charge is 0.472 e. The average molecular weight is 278 g/mol. The second kappa shape index (κ2) is 4.95. The van der Waals surface area contributed by atoms with Gasteiger partial charge in [0.25, 0.3) is 0 Å². The van der Waals surface area contributed by atoms with E-state index in [0.29, 0.717) is 22.4 Å². The molecule has 0 radical (unpaired) electrons. The highest BCUT2D eigenvalue weighted by molar-refractivity contribution is 6.42. The van der Waals surface area contributed by atoms with E-state index in [1.807, 2.05) is 6.07 Å². The highest BCUT2D eigenvalue weighted by atomic mass is 35.5. The summed E-state index contributed by atoms with van der Waals surface area (Å²) < 4.78 is 4.94. The molecule has 2 aromatic heterocycles. The summed E-state index contributed by atoms with van der Waals surface area (Å²) >= 11 is 17.5. The molecule has 1 N–H and O–H groups in total. The van der Waals surface area contributed by atoms with Crippen molar-refractivity contribution in [1.29, 1.82) is 0 Å². The van der Waals surface area contributed by atoms with Gasteiger partial charge in [-0.1, -0.05) is 34.8 Å². The molecule has 0 atom stereocenters. The molecule has 2 rings (SSSR count). The molecular weight excluding hydrogens is 270 g/mol. The minimum atomic E-state index is 0.223. The monoisotopic (exact) mass is 276 g/mol. The Labute approximate surface area is 107 Å². The van der Waals surface area contributed by atoms with Crippen LogP contribution in [0, 0.1) is 0 Å². The Bertz CT molecular complexity index is 485. The molecule has 3 nitrogen and oxygen atoms in total. The summed E-state index contributed by atoms with van der Waals surface area (Å²) in [5.74, 6) is 0.497. The third kappa shape index (κ3) is 2.61. The van der Waals surface area contributed by atoms with Crippen molar-refractivity contribution in [1.82, 2.24) is 4.98 Å². The van der Waals surface area contributed by atoms with E-state index in [1.165, 1.54) is 0 Å². The fourth-order valence-electron chi connectivity index (χ4n) is 1.15. The summed E-state index contributed by atoms with van der Waals surface area (Å²) in [4.78, 5) is 4.03. The molecule has 2 aromatic rings. The number of anilines is 1. The Hall–Kier alpha value is -0.900. The Morgan fingerprint density at radius 2 is 2.06 bits per heavy atom. The number of halogens is 3. The van der Waals surface area contributed by atoms with Gasteiger partial charge in [0.15, 0.2) is 0 Å². The summed E-state index contributed by atoms with van der Waals surface area (Å²) in [5, 5.41) is 4.02. The lowest BCUT2D eigenvalue weighted by molar-refractivity contribution is 0.564. The Morgan fingerprint density at radius 1 is 1.25 bits per heavy atom. The zero-order valence-electron chi connectivity index (χ0n) is 8.01. The van der Waals surface area contributed by atoms with Crippen LogP contribution in [0.2, 0.25) is 15.2 Å². The van der Waals surface area contributed by atoms with Crippen LogP contribution in [-0.2, 0) is 6.54 Å². The van der Waals surface area contributed by atoms with Crippen molar-refractivity contribution >= 4 is 40.6 Å². The maximum Gasteiger partial charge on any atom is 0.150 e. The van der Waals surface area contributed by atoms with Crippen LogP contribution < -0.4 is 5.32 Å². The van der Waals surface area contributed by atoms with Crippen molar-refractivity contribution in [3.63, 3.8) is 0 Å². The number of furan rings is 1. The fourth-order valence-corrected chi connectivity index (χ4v) is 1.71. The first kappa shape index (κ1) is 11.6. The van der Waals surface area contributed by atoms with Crippen molar-refractivity contribution in [2.75, 3.05) is 5.32 Å². The quantitative estimate of drug-likeness (QED) is 0.852. The van der Waals surface area contributed by atoms with E-state index in [4.69, 9.17) is 39.2 Å². The Morgan fingerprint density at radius 3 is 2.75 bits per heavy atom. The molecule has 0 spiro atoms. The highest BCUT2D eigenvalue weighted by Gasteiger charge is 2.07. The topological polar surface area (TPSA) is 38.1 Å². The van der Waals surface area contributed by atoms with E-state index in [1.54, 1.807) is 18.6 Å². The van der Waals surface area contributed by atoms with Crippen LogP contribution in [0.15, 0.2) is 29.1 Å². The van der Waals surface area contributed by atoms with Gasteiger partial charge in [0.05, 0.1) is 22.6 Å². The molecule has 0 aliphatic rings. The van der Waals surface area contributed by atoms with E-state index in [9.17, 15) is 0 Å². The normalized spacial score (nSPS) is 10.4. The van der Waals surface area contributed by atoms with Crippen LogP contribution >= 0.6 is 34.8 Å². The molecule has 16 heavy (non-hydrogen) atoms. The summed E-state index contributed by atoms with van der Waals surface area (Å²) in [5.41, 5.74) is 0.990. The van der Waals surface area contributed by atoms with Crippen LogP contribution in [0.3, 0.4) is 0 Å². The van der Waals surface area contributed by atoms with Gasteiger partial charge in [0.1, 0.15) is 11.0 Å². The van der Waals surface area contributed by atoms with Crippen molar-refractivity contribution in [2.45, 2.75) is 6.54 Å². The summed E-state index contributed by atoms with van der Waals surface area (Å²) in [6.45, 7) is 0.557. The summed E-state index contributed by atoms with van der Waals surface area (Å²) in [7, 11) is 0. The number of hydrogen-bond acceptors (Lipinski definition) is 3. The number of rotatable bonds is 3. The predicted molar refractivity (Wildman–Crippen MR) is 65.3 cm³/mol. The van der Waals surface area contributed by atoms with Crippen molar-refractivity contribution < 1.29 is 4.42 Å². The Kier molecular flexibility index (Phi) is 3.59. The van der Waals surface area contributed by atoms with Crippen LogP contribution in [-0.4, -0.2) is 4.98 Å². The smallest absolute Gasteiger partial charge is 0.150 e. The molecule has 0 aliphatic heterocycles. The molecular formula is C10H7Cl3N2O. The summed E-state index contributed by atoms with van der Waals surface area (Å²) in [6, 6.07) is 3.40. The molecule has 0 fully saturated rings. The van der Waals surface area contributed by atoms with E-state index in [2.05, 4.69) is 10.3 Å². The third-order valence-corrected chi connectivity index (χ3v) is 2.89. The number of nitrogens with zero attached hydrogens (tertiary/aromatic N) is 1. The van der Waals surface area contributed by atoms with Crippen molar-refractivity contribution in [3.05, 3.63) is 45.4 Å². The van der Waals surface area contributed by atoms with Gasteiger partial charge in [-0.3, -0.25) is 0 Å². The molecule has 0 unspecified atom stereocenters. The number of pyridine rings is 1. The number of hydrogen-bond donors (Lipinski definition) is 1. The molecule has 2 heterocycles. The van der Waals surface area contributed by atoms with Crippen LogP contribution in [0.25, 0.3) is 0 Å². The lowest BCUT2D eigenvalue weighted by Gasteiger charge is -2.07. The first-order chi connectivity index (χ1) is 7.66. The summed E-state index contributed by atoms with van der Waals surface area (Å²) in [6.07, 6.45) is 3.24. The second-order valence-corrected chi connectivity index (χ2v) is 4.25. The average Bonchev–Trinajstić information content (AvgIpc) is 2.74. The predicted octanol–water partition coefficient (Wildman–Crippen LogP) is 4.25. The minimum absolute atomic E-state index is 0.223. The minimum Gasteiger partial charge on any atom is -0.472 e. The van der Waals surface area contributed by atoms with Gasteiger partial charge in [0.2, 0.25) is 0 Å². The van der Waals surface area contributed by atoms with Crippen molar-refractivity contribution in [3.8, 4) is 0 Å². The Balaban J connectivity index is 2.12. The lowest BCUT2D eigenvalue weighted by Crippen LogP contribution is -2.01. The first-order valence-electron chi connectivity index (χ1n) is 4.43. The molecule has 0 aromatic carbocycles. The van der Waals surface area contributed by atoms with Crippen LogP contribution in [0.5, 0.6) is 0 Å². The van der Waals surface area contributed by atoms with Gasteiger partial charge in [-0.25, -0.2) is 4.98 Å². The van der Waals surface area contributed by atoms with Gasteiger partial charge in [0, 0.05) is 12.1 Å². The molecule has 0 saturated carbocycles. The van der Waals surface area contributed by atoms with Gasteiger partial charge >= 0.3 is 0 Å². The highest BCUT2D eigenvalue weighted by Crippen LogP contribution is 2.28. The van der Waals surface area contributed by atoms with E-state index >= 15 is 0 Å². The molecule has 0 bridgehead atoms. The lowest BCUT2D eigenvalue weighted by atomic mass is 10.3. The second-order valence-electron chi connectivity index (χ2n) is 3.08. The molecule has 6 heteroatoms. The SMILES string of the molecule is Clc1cc(Cl)c(NCc2ccoc2)nc1Cl. The zero-order valence-corrected chi connectivity index (χ0v) is 10.3. The van der Waals surface area contributed by atoms with Gasteiger partial charge in [-0.2, -0.15) is 0 Å². The van der Waals surface area contributed by atoms with Crippen LogP contribution in [0.4, 0.5) is 5.82 Å². The van der Waals surface area contributed by atoms with Gasteiger partial charge < -0.3 is 9.73 Å². The van der Waals surface area contributed by atoms with Crippen molar-refractivity contribution in [2.24, 2.45) is 0 Å². The standard InChI is InChI=1S/C10H7Cl3N2O/c11-7-3-8(12)10(15-9(7)13)14-4-6-1-2-16-5-6/h1-3,5H,4H2,(H,14,15). The number of aromatic nitrogens is 1. The molecule has 0 amide bonds. The van der Waals surface area contributed by atoms with Gasteiger partial charge in [-0.05, 0) is 12.1 Å². The van der Waals surface area contributed by atoms with E-state index in [0.717, 1.165) is 5.56 Å². The van der Waals surface area contributed by atoms with Gasteiger partial charge in [-0.15, -0.1) is 0 Å². The first-order valence-corrected chi connectivity index (χ1v) is 5.56. The maximum absolute atomic E-state index is 5.95. The zero-order chi connectivity index (χ0) is 11.5. The molecule has 0 saturated heterocycles. The van der Waals surface area contributed by atoms with E-state index in [-0.39, 0.29) is 5.15 Å². The van der Waals surface area contributed by atoms with Crippen LogP contribution in [0.1, 0.15) is 5.56 Å².